The van der Waals surface area contributed by atoms with Gasteiger partial charge in [0.1, 0.15) is 18.8 Å². The first-order valence-electron chi connectivity index (χ1n) is 7.75. The Labute approximate surface area is 148 Å². The maximum Gasteiger partial charge on any atom is 0.416 e. The van der Waals surface area contributed by atoms with Gasteiger partial charge in [-0.3, -0.25) is 0 Å². The number of hydrogen-bond acceptors (Lipinski definition) is 4. The summed E-state index contributed by atoms with van der Waals surface area (Å²) in [6, 6.07) is 12.7. The summed E-state index contributed by atoms with van der Waals surface area (Å²) in [6.45, 7) is -0.278. The quantitative estimate of drug-likeness (QED) is 0.731. The molecule has 26 heavy (non-hydrogen) atoms. The molecule has 0 aliphatic heterocycles. The lowest BCUT2D eigenvalue weighted by Crippen LogP contribution is -2.35. The van der Waals surface area contributed by atoms with Gasteiger partial charge in [0, 0.05) is 6.54 Å². The summed E-state index contributed by atoms with van der Waals surface area (Å²) in [5, 5.41) is 22.2. The number of rotatable bonds is 6. The Kier molecular flexibility index (Phi) is 6.59. The molecule has 0 fully saturated rings. The zero-order valence-corrected chi connectivity index (χ0v) is 13.6. The highest BCUT2D eigenvalue weighted by Gasteiger charge is 2.30. The number of carbonyl (C=O) groups is 1. The van der Waals surface area contributed by atoms with Crippen molar-refractivity contribution in [2.75, 3.05) is 6.54 Å². The fraction of sp³-hybridized carbons (Fsp3) is 0.278. The number of alkyl halides is 3. The van der Waals surface area contributed by atoms with Gasteiger partial charge in [-0.05, 0) is 23.3 Å². The molecule has 0 aliphatic rings. The zero-order chi connectivity index (χ0) is 19.2. The SMILES string of the molecule is O=C(NCC(O)C(O)c1ccc(C(F)(F)F)cc1)OCc1ccccc1. The Balaban J connectivity index is 1.81. The molecule has 0 saturated heterocycles. The van der Waals surface area contributed by atoms with Crippen molar-refractivity contribution in [2.24, 2.45) is 0 Å². The van der Waals surface area contributed by atoms with Crippen LogP contribution in [0.1, 0.15) is 22.8 Å². The Hall–Kier alpha value is -2.58. The van der Waals surface area contributed by atoms with Gasteiger partial charge in [0.25, 0.3) is 0 Å². The van der Waals surface area contributed by atoms with Crippen molar-refractivity contribution in [3.8, 4) is 0 Å². The van der Waals surface area contributed by atoms with Gasteiger partial charge < -0.3 is 20.3 Å². The van der Waals surface area contributed by atoms with Crippen molar-refractivity contribution in [1.82, 2.24) is 5.32 Å². The molecule has 0 aromatic heterocycles. The third-order valence-electron chi connectivity index (χ3n) is 3.61. The van der Waals surface area contributed by atoms with Gasteiger partial charge in [0.05, 0.1) is 5.56 Å². The molecule has 2 unspecified atom stereocenters. The third kappa shape index (κ3) is 5.75. The van der Waals surface area contributed by atoms with Crippen LogP contribution in [0.3, 0.4) is 0 Å². The molecule has 0 spiro atoms. The lowest BCUT2D eigenvalue weighted by molar-refractivity contribution is -0.137. The van der Waals surface area contributed by atoms with Crippen LogP contribution in [0, 0.1) is 0 Å². The summed E-state index contributed by atoms with van der Waals surface area (Å²) in [7, 11) is 0. The van der Waals surface area contributed by atoms with Crippen LogP contribution in [0.5, 0.6) is 0 Å². The van der Waals surface area contributed by atoms with Crippen LogP contribution < -0.4 is 5.32 Å². The first-order chi connectivity index (χ1) is 12.3. The molecule has 0 heterocycles. The van der Waals surface area contributed by atoms with E-state index in [0.29, 0.717) is 0 Å². The molecule has 5 nitrogen and oxygen atoms in total. The van der Waals surface area contributed by atoms with E-state index in [4.69, 9.17) is 4.74 Å². The van der Waals surface area contributed by atoms with Crippen LogP contribution in [0.25, 0.3) is 0 Å². The van der Waals surface area contributed by atoms with E-state index in [1.165, 1.54) is 0 Å². The number of ether oxygens (including phenoxy) is 1. The average Bonchev–Trinajstić information content (AvgIpc) is 2.64. The molecule has 2 atom stereocenters. The molecule has 0 radical (unpaired) electrons. The van der Waals surface area contributed by atoms with E-state index in [-0.39, 0.29) is 18.7 Å². The van der Waals surface area contributed by atoms with Gasteiger partial charge in [0.15, 0.2) is 0 Å². The number of aliphatic hydroxyl groups is 2. The van der Waals surface area contributed by atoms with E-state index < -0.39 is 30.0 Å². The topological polar surface area (TPSA) is 78.8 Å². The van der Waals surface area contributed by atoms with Gasteiger partial charge in [-0.1, -0.05) is 42.5 Å². The van der Waals surface area contributed by atoms with Crippen molar-refractivity contribution in [1.29, 1.82) is 0 Å². The number of benzene rings is 2. The fourth-order valence-corrected chi connectivity index (χ4v) is 2.17. The van der Waals surface area contributed by atoms with Crippen molar-refractivity contribution in [2.45, 2.75) is 25.0 Å². The second-order valence-corrected chi connectivity index (χ2v) is 5.57. The second-order valence-electron chi connectivity index (χ2n) is 5.57. The van der Waals surface area contributed by atoms with Crippen molar-refractivity contribution in [3.05, 3.63) is 71.3 Å². The summed E-state index contributed by atoms with van der Waals surface area (Å²) in [5.74, 6) is 0. The largest absolute Gasteiger partial charge is 0.445 e. The van der Waals surface area contributed by atoms with Crippen LogP contribution in [0.15, 0.2) is 54.6 Å². The van der Waals surface area contributed by atoms with Crippen LogP contribution in [0.4, 0.5) is 18.0 Å². The normalized spacial score (nSPS) is 13.7. The maximum absolute atomic E-state index is 12.5. The predicted octanol–water partition coefficient (Wildman–Crippen LogP) is 3.03. The summed E-state index contributed by atoms with van der Waals surface area (Å²) in [6.07, 6.45) is -8.12. The Bertz CT molecular complexity index is 705. The van der Waals surface area contributed by atoms with Crippen LogP contribution >= 0.6 is 0 Å². The van der Waals surface area contributed by atoms with Crippen molar-refractivity contribution >= 4 is 6.09 Å². The number of amides is 1. The second kappa shape index (κ2) is 8.68. The van der Waals surface area contributed by atoms with Gasteiger partial charge in [-0.15, -0.1) is 0 Å². The van der Waals surface area contributed by atoms with E-state index in [9.17, 15) is 28.2 Å². The summed E-state index contributed by atoms with van der Waals surface area (Å²) in [4.78, 5) is 11.6. The van der Waals surface area contributed by atoms with E-state index in [2.05, 4.69) is 5.32 Å². The van der Waals surface area contributed by atoms with Crippen molar-refractivity contribution in [3.63, 3.8) is 0 Å². The number of alkyl carbamates (subject to hydrolysis) is 1. The summed E-state index contributed by atoms with van der Waals surface area (Å²) < 4.78 is 42.5. The minimum Gasteiger partial charge on any atom is -0.445 e. The summed E-state index contributed by atoms with van der Waals surface area (Å²) >= 11 is 0. The van der Waals surface area contributed by atoms with Gasteiger partial charge >= 0.3 is 12.3 Å². The highest BCUT2D eigenvalue weighted by molar-refractivity contribution is 5.67. The Morgan fingerprint density at radius 3 is 2.23 bits per heavy atom. The Morgan fingerprint density at radius 1 is 1.04 bits per heavy atom. The molecular formula is C18H18F3NO4. The van der Waals surface area contributed by atoms with E-state index in [0.717, 1.165) is 29.8 Å². The zero-order valence-electron chi connectivity index (χ0n) is 13.6. The molecular weight excluding hydrogens is 351 g/mol. The molecule has 2 aromatic carbocycles. The molecule has 1 amide bonds. The van der Waals surface area contributed by atoms with Crippen LogP contribution in [0.2, 0.25) is 0 Å². The molecule has 0 aliphatic carbocycles. The van der Waals surface area contributed by atoms with Crippen LogP contribution in [-0.4, -0.2) is 29.0 Å². The number of aliphatic hydroxyl groups excluding tert-OH is 2. The van der Waals surface area contributed by atoms with E-state index in [1.54, 1.807) is 24.3 Å². The molecule has 8 heteroatoms. The van der Waals surface area contributed by atoms with Gasteiger partial charge in [-0.2, -0.15) is 13.2 Å². The van der Waals surface area contributed by atoms with Gasteiger partial charge in [-0.25, -0.2) is 4.79 Å². The number of hydrogen-bond donors (Lipinski definition) is 3. The Morgan fingerprint density at radius 2 is 1.65 bits per heavy atom. The molecule has 3 N–H and O–H groups in total. The van der Waals surface area contributed by atoms with E-state index in [1.807, 2.05) is 6.07 Å². The standard InChI is InChI=1S/C18H18F3NO4/c19-18(20,21)14-8-6-13(7-9-14)16(24)15(23)10-22-17(25)26-11-12-4-2-1-3-5-12/h1-9,15-16,23-24H,10-11H2,(H,22,25). The van der Waals surface area contributed by atoms with Gasteiger partial charge in [0.2, 0.25) is 0 Å². The van der Waals surface area contributed by atoms with Crippen molar-refractivity contribution < 1.29 is 32.9 Å². The minimum absolute atomic E-state index is 0.0459. The third-order valence-corrected chi connectivity index (χ3v) is 3.61. The molecule has 0 saturated carbocycles. The lowest BCUT2D eigenvalue weighted by Gasteiger charge is -2.19. The molecule has 140 valence electrons. The maximum atomic E-state index is 12.5. The van der Waals surface area contributed by atoms with Crippen LogP contribution in [-0.2, 0) is 17.5 Å². The number of halogens is 3. The molecule has 0 bridgehead atoms. The predicted molar refractivity (Wildman–Crippen MR) is 87.0 cm³/mol. The first kappa shape index (κ1) is 19.7. The number of nitrogens with one attached hydrogen (secondary N) is 1. The lowest BCUT2D eigenvalue weighted by atomic mass is 10.0. The molecule has 2 rings (SSSR count). The fourth-order valence-electron chi connectivity index (χ4n) is 2.17. The average molecular weight is 369 g/mol. The highest BCUT2D eigenvalue weighted by atomic mass is 19.4. The minimum atomic E-state index is -4.48. The summed E-state index contributed by atoms with van der Waals surface area (Å²) in [5.41, 5.74) is 0.0310. The smallest absolute Gasteiger partial charge is 0.416 e. The molecule has 2 aromatic rings. The number of carbonyl (C=O) groups excluding carboxylic acids is 1. The van der Waals surface area contributed by atoms with E-state index >= 15 is 0 Å². The first-order valence-corrected chi connectivity index (χ1v) is 7.75. The monoisotopic (exact) mass is 369 g/mol. The highest BCUT2D eigenvalue weighted by Crippen LogP contribution is 2.30.